The van der Waals surface area contributed by atoms with Crippen LogP contribution in [0.3, 0.4) is 0 Å². The summed E-state index contributed by atoms with van der Waals surface area (Å²) in [7, 11) is 0. The quantitative estimate of drug-likeness (QED) is 0.907. The van der Waals surface area contributed by atoms with E-state index in [0.29, 0.717) is 6.42 Å². The first-order valence-electron chi connectivity index (χ1n) is 8.98. The Balaban J connectivity index is 1.59. The fourth-order valence-corrected chi connectivity index (χ4v) is 4.36. The number of benzene rings is 1. The van der Waals surface area contributed by atoms with Crippen LogP contribution in [0.1, 0.15) is 44.1 Å². The van der Waals surface area contributed by atoms with E-state index < -0.39 is 0 Å². The van der Waals surface area contributed by atoms with Crippen LogP contribution in [0.4, 0.5) is 0 Å². The Morgan fingerprint density at radius 3 is 2.26 bits per heavy atom. The molecule has 0 unspecified atom stereocenters. The predicted octanol–water partition coefficient (Wildman–Crippen LogP) is 2.38. The molecule has 0 bridgehead atoms. The summed E-state index contributed by atoms with van der Waals surface area (Å²) in [6.45, 7) is 5.29. The van der Waals surface area contributed by atoms with Crippen LogP contribution < -0.4 is 5.73 Å². The minimum Gasteiger partial charge on any atom is -0.370 e. The zero-order valence-corrected chi connectivity index (χ0v) is 14.0. The second-order valence-electron chi connectivity index (χ2n) is 7.18. The molecule has 0 atom stereocenters. The van der Waals surface area contributed by atoms with Crippen molar-refractivity contribution in [1.29, 1.82) is 0 Å². The summed E-state index contributed by atoms with van der Waals surface area (Å²) in [6, 6.07) is 10.7. The van der Waals surface area contributed by atoms with Crippen molar-refractivity contribution >= 4 is 5.91 Å². The molecule has 1 saturated heterocycles. The summed E-state index contributed by atoms with van der Waals surface area (Å²) in [6.07, 6.45) is 6.57. The second kappa shape index (κ2) is 7.45. The van der Waals surface area contributed by atoms with E-state index in [0.717, 1.165) is 45.6 Å². The van der Waals surface area contributed by atoms with E-state index in [1.807, 2.05) is 0 Å². The minimum absolute atomic E-state index is 0.0446. The van der Waals surface area contributed by atoms with Gasteiger partial charge in [-0.05, 0) is 18.4 Å². The number of nitrogens with two attached hydrogens (primary N) is 1. The van der Waals surface area contributed by atoms with Crippen LogP contribution in [0.5, 0.6) is 0 Å². The summed E-state index contributed by atoms with van der Waals surface area (Å²) < 4.78 is 0. The highest BCUT2D eigenvalue weighted by atomic mass is 16.1. The van der Waals surface area contributed by atoms with Crippen LogP contribution in [-0.4, -0.2) is 47.4 Å². The maximum absolute atomic E-state index is 11.6. The van der Waals surface area contributed by atoms with Gasteiger partial charge < -0.3 is 5.73 Å². The summed E-state index contributed by atoms with van der Waals surface area (Å²) >= 11 is 0. The van der Waals surface area contributed by atoms with E-state index in [9.17, 15) is 4.79 Å². The molecule has 0 radical (unpaired) electrons. The van der Waals surface area contributed by atoms with Gasteiger partial charge in [0, 0.05) is 44.7 Å². The van der Waals surface area contributed by atoms with Crippen LogP contribution in [0.2, 0.25) is 0 Å². The molecule has 1 aliphatic heterocycles. The lowest BCUT2D eigenvalue weighted by Crippen LogP contribution is -2.58. The van der Waals surface area contributed by atoms with Crippen molar-refractivity contribution in [2.75, 3.05) is 26.2 Å². The lowest BCUT2D eigenvalue weighted by atomic mass is 9.77. The molecule has 126 valence electrons. The predicted molar refractivity (Wildman–Crippen MR) is 92.9 cm³/mol. The van der Waals surface area contributed by atoms with Gasteiger partial charge in [0.1, 0.15) is 0 Å². The normalized spacial score (nSPS) is 22.8. The van der Waals surface area contributed by atoms with Gasteiger partial charge in [-0.2, -0.15) is 0 Å². The first-order chi connectivity index (χ1) is 11.2. The molecule has 1 saturated carbocycles. The Morgan fingerprint density at radius 2 is 1.65 bits per heavy atom. The van der Waals surface area contributed by atoms with E-state index in [2.05, 4.69) is 40.1 Å². The lowest BCUT2D eigenvalue weighted by molar-refractivity contribution is -0.122. The molecule has 3 rings (SSSR count). The van der Waals surface area contributed by atoms with Gasteiger partial charge in [-0.25, -0.2) is 0 Å². The molecule has 2 N–H and O–H groups in total. The number of rotatable bonds is 5. The lowest BCUT2D eigenvalue weighted by Gasteiger charge is -2.49. The average Bonchev–Trinajstić information content (AvgIpc) is 2.57. The van der Waals surface area contributed by atoms with Crippen molar-refractivity contribution in [3.63, 3.8) is 0 Å². The standard InChI is InChI=1S/C19H29N3O/c20-18(23)15-19(9-5-2-6-10-19)22-13-11-21(12-14-22)16-17-7-3-1-4-8-17/h1,3-4,7-8H,2,5-6,9-16H2,(H2,20,23). The Kier molecular flexibility index (Phi) is 5.34. The van der Waals surface area contributed by atoms with Crippen molar-refractivity contribution in [3.05, 3.63) is 35.9 Å². The van der Waals surface area contributed by atoms with Gasteiger partial charge in [-0.15, -0.1) is 0 Å². The molecule has 1 aliphatic carbocycles. The van der Waals surface area contributed by atoms with E-state index in [4.69, 9.17) is 5.73 Å². The van der Waals surface area contributed by atoms with Gasteiger partial charge in [0.25, 0.3) is 0 Å². The topological polar surface area (TPSA) is 49.6 Å². The Labute approximate surface area is 139 Å². The first-order valence-corrected chi connectivity index (χ1v) is 8.98. The number of hydrogen-bond acceptors (Lipinski definition) is 3. The molecule has 23 heavy (non-hydrogen) atoms. The summed E-state index contributed by atoms with van der Waals surface area (Å²) in [4.78, 5) is 16.7. The number of amides is 1. The molecule has 0 spiro atoms. The molecule has 1 aromatic carbocycles. The van der Waals surface area contributed by atoms with Gasteiger partial charge >= 0.3 is 0 Å². The highest BCUT2D eigenvalue weighted by molar-refractivity contribution is 5.75. The molecule has 4 nitrogen and oxygen atoms in total. The molecule has 1 heterocycles. The van der Waals surface area contributed by atoms with Crippen LogP contribution in [0.15, 0.2) is 30.3 Å². The number of carbonyl (C=O) groups is 1. The van der Waals surface area contributed by atoms with Gasteiger partial charge in [-0.3, -0.25) is 14.6 Å². The highest BCUT2D eigenvalue weighted by Crippen LogP contribution is 2.37. The zero-order chi connectivity index (χ0) is 16.1. The average molecular weight is 315 g/mol. The SMILES string of the molecule is NC(=O)CC1(N2CCN(Cc3ccccc3)CC2)CCCCC1. The van der Waals surface area contributed by atoms with Gasteiger partial charge in [0.15, 0.2) is 0 Å². The fourth-order valence-electron chi connectivity index (χ4n) is 4.36. The first kappa shape index (κ1) is 16.5. The number of primary amides is 1. The van der Waals surface area contributed by atoms with Crippen LogP contribution in [-0.2, 0) is 11.3 Å². The molecule has 2 aliphatic rings. The third-order valence-corrected chi connectivity index (χ3v) is 5.58. The van der Waals surface area contributed by atoms with E-state index >= 15 is 0 Å². The molecule has 1 amide bonds. The monoisotopic (exact) mass is 315 g/mol. The largest absolute Gasteiger partial charge is 0.370 e. The van der Waals surface area contributed by atoms with Crippen molar-refractivity contribution in [3.8, 4) is 0 Å². The summed E-state index contributed by atoms with van der Waals surface area (Å²) in [5.74, 6) is -0.140. The molecule has 4 heteroatoms. The number of hydrogen-bond donors (Lipinski definition) is 1. The van der Waals surface area contributed by atoms with Crippen molar-refractivity contribution < 1.29 is 4.79 Å². The Morgan fingerprint density at radius 1 is 1.00 bits per heavy atom. The second-order valence-corrected chi connectivity index (χ2v) is 7.18. The Hall–Kier alpha value is -1.39. The van der Waals surface area contributed by atoms with Gasteiger partial charge in [-0.1, -0.05) is 49.6 Å². The molecular formula is C19H29N3O. The number of nitrogens with zero attached hydrogens (tertiary/aromatic N) is 2. The molecule has 0 aromatic heterocycles. The van der Waals surface area contributed by atoms with E-state index in [-0.39, 0.29) is 11.4 Å². The van der Waals surface area contributed by atoms with Crippen LogP contribution in [0.25, 0.3) is 0 Å². The Bertz CT molecular complexity index is 503. The van der Waals surface area contributed by atoms with E-state index in [1.165, 1.54) is 24.8 Å². The third kappa shape index (κ3) is 4.12. The minimum atomic E-state index is -0.140. The summed E-state index contributed by atoms with van der Waals surface area (Å²) in [5, 5.41) is 0. The maximum atomic E-state index is 11.6. The third-order valence-electron chi connectivity index (χ3n) is 5.58. The van der Waals surface area contributed by atoms with Gasteiger partial charge in [0.05, 0.1) is 0 Å². The molecule has 1 aromatic rings. The van der Waals surface area contributed by atoms with E-state index in [1.54, 1.807) is 0 Å². The highest BCUT2D eigenvalue weighted by Gasteiger charge is 2.40. The fraction of sp³-hybridized carbons (Fsp3) is 0.632. The van der Waals surface area contributed by atoms with Crippen LogP contribution >= 0.6 is 0 Å². The number of piperazine rings is 1. The smallest absolute Gasteiger partial charge is 0.219 e. The van der Waals surface area contributed by atoms with Crippen LogP contribution in [0, 0.1) is 0 Å². The van der Waals surface area contributed by atoms with Gasteiger partial charge in [0.2, 0.25) is 5.91 Å². The summed E-state index contributed by atoms with van der Waals surface area (Å²) in [5.41, 5.74) is 6.99. The molecular weight excluding hydrogens is 286 g/mol. The van der Waals surface area contributed by atoms with Crippen molar-refractivity contribution in [2.24, 2.45) is 5.73 Å². The maximum Gasteiger partial charge on any atom is 0.219 e. The molecule has 2 fully saturated rings. The van der Waals surface area contributed by atoms with Crippen molar-refractivity contribution in [2.45, 2.75) is 50.6 Å². The van der Waals surface area contributed by atoms with Crippen molar-refractivity contribution in [1.82, 2.24) is 9.80 Å². The number of carbonyl (C=O) groups excluding carboxylic acids is 1. The zero-order valence-electron chi connectivity index (χ0n) is 14.0.